The number of rotatable bonds is 2. The molecule has 1 aromatic carbocycles. The topological polar surface area (TPSA) is 24.5 Å². The molecule has 0 atom stereocenters. The monoisotopic (exact) mass is 234 g/mol. The quantitative estimate of drug-likeness (QED) is 0.851. The highest BCUT2D eigenvalue weighted by Gasteiger charge is 2.27. The van der Waals surface area contributed by atoms with Gasteiger partial charge < -0.3 is 15.0 Å². The van der Waals surface area contributed by atoms with Crippen molar-refractivity contribution in [3.63, 3.8) is 0 Å². The van der Waals surface area contributed by atoms with Crippen molar-refractivity contribution < 1.29 is 4.74 Å². The van der Waals surface area contributed by atoms with Gasteiger partial charge >= 0.3 is 0 Å². The van der Waals surface area contributed by atoms with Crippen LogP contribution in [0.15, 0.2) is 24.3 Å². The molecular formula is C14H22N2O. The van der Waals surface area contributed by atoms with Gasteiger partial charge in [-0.3, -0.25) is 0 Å². The van der Waals surface area contributed by atoms with Gasteiger partial charge in [-0.15, -0.1) is 0 Å². The predicted octanol–water partition coefficient (Wildman–Crippen LogP) is 3.08. The minimum Gasteiger partial charge on any atom is -0.362 e. The molecule has 0 aliphatic carbocycles. The van der Waals surface area contributed by atoms with Gasteiger partial charge in [-0.1, -0.05) is 19.1 Å². The zero-order valence-electron chi connectivity index (χ0n) is 11.0. The smallest absolute Gasteiger partial charge is 0.116 e. The molecule has 1 N–H and O–H groups in total. The fourth-order valence-electron chi connectivity index (χ4n) is 2.16. The van der Waals surface area contributed by atoms with Gasteiger partial charge in [-0.2, -0.15) is 0 Å². The molecule has 94 valence electrons. The first kappa shape index (κ1) is 12.2. The molecule has 1 aromatic rings. The molecule has 0 fully saturated rings. The summed E-state index contributed by atoms with van der Waals surface area (Å²) >= 11 is 0. The minimum absolute atomic E-state index is 0.151. The van der Waals surface area contributed by atoms with Gasteiger partial charge in [-0.05, 0) is 32.4 Å². The molecule has 1 heterocycles. The molecule has 0 aromatic heterocycles. The van der Waals surface area contributed by atoms with Crippen molar-refractivity contribution in [1.29, 1.82) is 0 Å². The Morgan fingerprint density at radius 2 is 2.12 bits per heavy atom. The van der Waals surface area contributed by atoms with Crippen molar-refractivity contribution in [3.05, 3.63) is 24.3 Å². The Morgan fingerprint density at radius 3 is 2.88 bits per heavy atom. The van der Waals surface area contributed by atoms with Crippen molar-refractivity contribution in [2.45, 2.75) is 32.7 Å². The third kappa shape index (κ3) is 2.55. The van der Waals surface area contributed by atoms with Gasteiger partial charge in [0.05, 0.1) is 18.0 Å². The van der Waals surface area contributed by atoms with Crippen LogP contribution in [0.3, 0.4) is 0 Å². The number of ether oxygens (including phenoxy) is 1. The molecule has 0 unspecified atom stereocenters. The van der Waals surface area contributed by atoms with Crippen LogP contribution in [-0.2, 0) is 4.74 Å². The molecule has 17 heavy (non-hydrogen) atoms. The van der Waals surface area contributed by atoms with Crippen molar-refractivity contribution in [2.24, 2.45) is 0 Å². The third-order valence-corrected chi connectivity index (χ3v) is 3.61. The summed E-state index contributed by atoms with van der Waals surface area (Å²) in [6, 6.07) is 8.46. The second-order valence-electron chi connectivity index (χ2n) is 5.06. The van der Waals surface area contributed by atoms with Gasteiger partial charge in [-0.25, -0.2) is 0 Å². The fraction of sp³-hybridized carbons (Fsp3) is 0.571. The van der Waals surface area contributed by atoms with Crippen molar-refractivity contribution in [1.82, 2.24) is 0 Å². The largest absolute Gasteiger partial charge is 0.362 e. The Morgan fingerprint density at radius 1 is 1.35 bits per heavy atom. The number of anilines is 2. The molecule has 2 rings (SSSR count). The lowest BCUT2D eigenvalue weighted by atomic mass is 9.97. The zero-order chi connectivity index (χ0) is 12.3. The van der Waals surface area contributed by atoms with Crippen LogP contribution < -0.4 is 10.2 Å². The van der Waals surface area contributed by atoms with E-state index >= 15 is 0 Å². The summed E-state index contributed by atoms with van der Waals surface area (Å²) in [5, 5.41) is 3.33. The predicted molar refractivity (Wildman–Crippen MR) is 72.6 cm³/mol. The first-order valence-corrected chi connectivity index (χ1v) is 6.33. The highest BCUT2D eigenvalue weighted by atomic mass is 16.5. The maximum atomic E-state index is 5.55. The minimum atomic E-state index is 0.151. The van der Waals surface area contributed by atoms with Crippen LogP contribution in [-0.4, -0.2) is 25.4 Å². The molecule has 0 saturated heterocycles. The normalized spacial score (nSPS) is 16.8. The lowest BCUT2D eigenvalue weighted by Crippen LogP contribution is -2.46. The number of hydrogen-bond donors (Lipinski definition) is 1. The average Bonchev–Trinajstić information content (AvgIpc) is 2.30. The van der Waals surface area contributed by atoms with Crippen LogP contribution in [0.5, 0.6) is 0 Å². The molecule has 0 saturated carbocycles. The van der Waals surface area contributed by atoms with Crippen molar-refractivity contribution in [2.75, 3.05) is 30.1 Å². The fourth-order valence-corrected chi connectivity index (χ4v) is 2.16. The van der Waals surface area contributed by atoms with Crippen LogP contribution >= 0.6 is 0 Å². The van der Waals surface area contributed by atoms with Crippen LogP contribution in [0, 0.1) is 0 Å². The Labute approximate surface area is 104 Å². The zero-order valence-corrected chi connectivity index (χ0v) is 11.0. The molecule has 3 nitrogen and oxygen atoms in total. The number of fused-ring (bicyclic) bond motifs is 1. The number of nitrogens with one attached hydrogen (secondary N) is 1. The highest BCUT2D eigenvalue weighted by molar-refractivity contribution is 5.71. The van der Waals surface area contributed by atoms with E-state index in [0.717, 1.165) is 25.3 Å². The van der Waals surface area contributed by atoms with Crippen LogP contribution in [0.2, 0.25) is 0 Å². The molecule has 0 bridgehead atoms. The third-order valence-electron chi connectivity index (χ3n) is 3.61. The Balaban J connectivity index is 2.39. The summed E-state index contributed by atoms with van der Waals surface area (Å²) in [7, 11) is 0. The van der Waals surface area contributed by atoms with E-state index < -0.39 is 0 Å². The summed E-state index contributed by atoms with van der Waals surface area (Å²) in [6.45, 7) is 9.11. The highest BCUT2D eigenvalue weighted by Crippen LogP contribution is 2.33. The Bertz CT molecular complexity index is 376. The van der Waals surface area contributed by atoms with Gasteiger partial charge in [0.2, 0.25) is 0 Å². The number of para-hydroxylation sites is 2. The number of nitrogens with zero attached hydrogens (tertiary/aromatic N) is 1. The van der Waals surface area contributed by atoms with E-state index in [4.69, 9.17) is 4.74 Å². The van der Waals surface area contributed by atoms with Gasteiger partial charge in [0.25, 0.3) is 0 Å². The summed E-state index contributed by atoms with van der Waals surface area (Å²) in [6.07, 6.45) is 1.11. The van der Waals surface area contributed by atoms with Gasteiger partial charge in [0, 0.05) is 12.1 Å². The summed E-state index contributed by atoms with van der Waals surface area (Å²) in [5.41, 5.74) is 2.59. The number of hydrogen-bond acceptors (Lipinski definition) is 3. The van der Waals surface area contributed by atoms with E-state index in [-0.39, 0.29) is 5.54 Å². The molecule has 1 aliphatic rings. The number of benzene rings is 1. The van der Waals surface area contributed by atoms with E-state index in [0.29, 0.717) is 6.73 Å². The SMILES string of the molecule is CCC(C)(C)N1CCOCNc2ccccc21. The Kier molecular flexibility index (Phi) is 3.57. The molecule has 0 radical (unpaired) electrons. The summed E-state index contributed by atoms with van der Waals surface area (Å²) in [5.74, 6) is 0. The average molecular weight is 234 g/mol. The lowest BCUT2D eigenvalue weighted by molar-refractivity contribution is 0.152. The van der Waals surface area contributed by atoms with Crippen LogP contribution in [0.1, 0.15) is 27.2 Å². The van der Waals surface area contributed by atoms with Gasteiger partial charge in [0.15, 0.2) is 0 Å². The molecule has 0 amide bonds. The second-order valence-corrected chi connectivity index (χ2v) is 5.06. The summed E-state index contributed by atoms with van der Waals surface area (Å²) < 4.78 is 5.55. The van der Waals surface area contributed by atoms with Gasteiger partial charge in [0.1, 0.15) is 6.73 Å². The maximum Gasteiger partial charge on any atom is 0.116 e. The van der Waals surface area contributed by atoms with Crippen LogP contribution in [0.4, 0.5) is 11.4 Å². The van der Waals surface area contributed by atoms with E-state index in [1.165, 1.54) is 5.69 Å². The summed E-state index contributed by atoms with van der Waals surface area (Å²) in [4.78, 5) is 2.44. The van der Waals surface area contributed by atoms with Crippen molar-refractivity contribution in [3.8, 4) is 0 Å². The van der Waals surface area contributed by atoms with E-state index in [1.807, 2.05) is 0 Å². The Hall–Kier alpha value is -1.22. The first-order valence-electron chi connectivity index (χ1n) is 6.33. The first-order chi connectivity index (χ1) is 8.15. The molecule has 1 aliphatic heterocycles. The van der Waals surface area contributed by atoms with E-state index in [9.17, 15) is 0 Å². The van der Waals surface area contributed by atoms with Crippen molar-refractivity contribution >= 4 is 11.4 Å². The second kappa shape index (κ2) is 4.96. The van der Waals surface area contributed by atoms with Crippen LogP contribution in [0.25, 0.3) is 0 Å². The van der Waals surface area contributed by atoms with E-state index in [2.05, 4.69) is 55.3 Å². The lowest BCUT2D eigenvalue weighted by Gasteiger charge is -2.42. The standard InChI is InChI=1S/C14H22N2O/c1-4-14(2,3)16-9-10-17-11-15-12-7-5-6-8-13(12)16/h5-8,15H,4,9-11H2,1-3H3. The molecule has 0 spiro atoms. The maximum absolute atomic E-state index is 5.55. The molecule has 3 heteroatoms. The van der Waals surface area contributed by atoms with E-state index in [1.54, 1.807) is 0 Å². The molecular weight excluding hydrogens is 212 g/mol.